The van der Waals surface area contributed by atoms with E-state index in [2.05, 4.69) is 121 Å². The Morgan fingerprint density at radius 2 is 0.911 bits per heavy atom. The monoisotopic (exact) mass is 820 g/mol. The maximum atomic E-state index is 14.2. The average molecular weight is 823 g/mol. The van der Waals surface area contributed by atoms with Gasteiger partial charge in [0.2, 0.25) is 0 Å². The van der Waals surface area contributed by atoms with Crippen molar-refractivity contribution in [3.63, 3.8) is 0 Å². The molecule has 3 aliphatic heterocycles. The highest BCUT2D eigenvalue weighted by Crippen LogP contribution is 2.53. The second-order valence-electron chi connectivity index (χ2n) is 14.9. The first-order chi connectivity index (χ1) is 27.2. The van der Waals surface area contributed by atoms with Gasteiger partial charge in [0.25, 0.3) is 0 Å². The van der Waals surface area contributed by atoms with Crippen LogP contribution in [0.4, 0.5) is 11.4 Å². The van der Waals surface area contributed by atoms with Crippen LogP contribution in [-0.2, 0) is 23.2 Å². The van der Waals surface area contributed by atoms with E-state index in [-0.39, 0.29) is 25.7 Å². The van der Waals surface area contributed by atoms with Crippen molar-refractivity contribution < 1.29 is 9.53 Å². The van der Waals surface area contributed by atoms with Crippen LogP contribution in [0, 0.1) is 0 Å². The fourth-order valence-corrected chi connectivity index (χ4v) is 9.36. The van der Waals surface area contributed by atoms with Crippen molar-refractivity contribution in [2.24, 2.45) is 0 Å². The molecular formula is C48H44Cl4N2O2. The van der Waals surface area contributed by atoms with Crippen LogP contribution in [-0.4, -0.2) is 32.1 Å². The van der Waals surface area contributed by atoms with E-state index in [9.17, 15) is 4.79 Å². The minimum absolute atomic E-state index is 0.0115. The van der Waals surface area contributed by atoms with Crippen LogP contribution < -0.4 is 9.80 Å². The summed E-state index contributed by atoms with van der Waals surface area (Å²) in [7, 11) is 0. The van der Waals surface area contributed by atoms with Crippen molar-refractivity contribution in [2.75, 3.05) is 36.0 Å². The molecule has 5 aromatic carbocycles. The molecule has 0 aliphatic carbocycles. The summed E-state index contributed by atoms with van der Waals surface area (Å²) in [5, 5.41) is 0.203. The molecule has 4 nitrogen and oxygen atoms in total. The molecular weight excluding hydrogens is 778 g/mol. The van der Waals surface area contributed by atoms with Crippen molar-refractivity contribution in [1.82, 2.24) is 0 Å². The van der Waals surface area contributed by atoms with Crippen molar-refractivity contribution >= 4 is 74.9 Å². The summed E-state index contributed by atoms with van der Waals surface area (Å²) < 4.78 is 6.64. The Bertz CT molecular complexity index is 2180. The van der Waals surface area contributed by atoms with Crippen molar-refractivity contribution in [2.45, 2.75) is 58.0 Å². The number of halogens is 4. The average Bonchev–Trinajstić information content (AvgIpc) is 4.03. The second kappa shape index (κ2) is 16.3. The summed E-state index contributed by atoms with van der Waals surface area (Å²) in [6.07, 6.45) is 10.6. The number of hydrogen-bond donors (Lipinski definition) is 0. The zero-order valence-electron chi connectivity index (χ0n) is 31.7. The van der Waals surface area contributed by atoms with Gasteiger partial charge in [-0.05, 0) is 119 Å². The van der Waals surface area contributed by atoms with E-state index in [1.165, 1.54) is 48.2 Å². The number of carbonyl (C=O) groups is 1. The lowest BCUT2D eigenvalue weighted by Crippen LogP contribution is -2.23. The first kappa shape index (κ1) is 38.7. The summed E-state index contributed by atoms with van der Waals surface area (Å²) in [6.45, 7) is 8.47. The fraction of sp³-hybridized carbons (Fsp3) is 0.271. The Morgan fingerprint density at radius 1 is 0.554 bits per heavy atom. The van der Waals surface area contributed by atoms with Gasteiger partial charge in [-0.25, -0.2) is 4.79 Å². The summed E-state index contributed by atoms with van der Waals surface area (Å²) in [5.41, 5.74) is 9.27. The molecule has 0 radical (unpaired) electrons. The molecule has 8 rings (SSSR count). The lowest BCUT2D eigenvalue weighted by Gasteiger charge is -2.28. The van der Waals surface area contributed by atoms with Crippen LogP contribution in [0.3, 0.4) is 0 Å². The summed E-state index contributed by atoms with van der Waals surface area (Å²) in [6, 6.07) is 34.3. The molecule has 0 spiro atoms. The van der Waals surface area contributed by atoms with Gasteiger partial charge < -0.3 is 14.5 Å². The lowest BCUT2D eigenvalue weighted by molar-refractivity contribution is 0.0300. The smallest absolute Gasteiger partial charge is 0.341 e. The number of fused-ring (bicyclic) bond motifs is 1. The van der Waals surface area contributed by atoms with Crippen LogP contribution in [0.5, 0.6) is 0 Å². The predicted molar refractivity (Wildman–Crippen MR) is 235 cm³/mol. The van der Waals surface area contributed by atoms with Gasteiger partial charge in [-0.2, -0.15) is 0 Å². The molecule has 56 heavy (non-hydrogen) atoms. The van der Waals surface area contributed by atoms with Gasteiger partial charge in [-0.1, -0.05) is 133 Å². The largest absolute Gasteiger partial charge is 0.442 e. The maximum absolute atomic E-state index is 14.2. The van der Waals surface area contributed by atoms with E-state index < -0.39 is 11.6 Å². The minimum atomic E-state index is -1.56. The highest BCUT2D eigenvalue weighted by Gasteiger charge is 2.48. The Balaban J connectivity index is 1.41. The highest BCUT2D eigenvalue weighted by molar-refractivity contribution is 6.53. The molecule has 0 bridgehead atoms. The number of anilines is 2. The van der Waals surface area contributed by atoms with Crippen molar-refractivity contribution in [3.05, 3.63) is 174 Å². The first-order valence-electron chi connectivity index (χ1n) is 19.6. The molecule has 0 aromatic heterocycles. The number of hydrogen-bond acceptors (Lipinski definition) is 4. The molecule has 2 fully saturated rings. The number of cyclic esters (lactones) is 1. The molecule has 5 aromatic rings. The van der Waals surface area contributed by atoms with E-state index in [0.717, 1.165) is 72.4 Å². The Hall–Kier alpha value is -4.19. The molecule has 0 N–H and O–H groups in total. The fourth-order valence-electron chi connectivity index (χ4n) is 8.28. The Morgan fingerprint density at radius 3 is 1.29 bits per heavy atom. The van der Waals surface area contributed by atoms with Gasteiger partial charge in [0, 0.05) is 43.1 Å². The van der Waals surface area contributed by atoms with Gasteiger partial charge in [0.15, 0.2) is 5.60 Å². The molecule has 0 unspecified atom stereocenters. The third-order valence-electron chi connectivity index (χ3n) is 11.5. The number of ether oxygens (including phenoxy) is 1. The normalized spacial score (nSPS) is 16.8. The molecule has 0 amide bonds. The molecule has 8 heteroatoms. The van der Waals surface area contributed by atoms with Crippen LogP contribution in [0.1, 0.15) is 88.8 Å². The second-order valence-corrected chi connectivity index (χ2v) is 16.4. The van der Waals surface area contributed by atoms with E-state index >= 15 is 0 Å². The van der Waals surface area contributed by atoms with Gasteiger partial charge in [0.05, 0.1) is 25.7 Å². The van der Waals surface area contributed by atoms with Gasteiger partial charge in [-0.15, -0.1) is 0 Å². The molecule has 3 aliphatic rings. The molecule has 0 saturated carbocycles. The number of rotatable bonds is 10. The van der Waals surface area contributed by atoms with E-state index in [1.54, 1.807) is 0 Å². The SMILES string of the molecule is CCc1ccc(/C(=C\C2(/C=C(\c3ccc(CC)cc3)c3ccc(N4CCCC4)cc3)OC(=O)c3c(Cl)c(Cl)c(Cl)c(Cl)c32)c2ccc(N3CCCC3)cc2)cc1. The lowest BCUT2D eigenvalue weighted by atomic mass is 9.82. The van der Waals surface area contributed by atoms with Crippen LogP contribution in [0.25, 0.3) is 11.1 Å². The van der Waals surface area contributed by atoms with E-state index in [1.807, 2.05) is 12.2 Å². The Labute approximate surface area is 350 Å². The van der Waals surface area contributed by atoms with Gasteiger partial charge in [-0.3, -0.25) is 0 Å². The number of carbonyl (C=O) groups excluding carboxylic acids is 1. The maximum Gasteiger partial charge on any atom is 0.341 e. The molecule has 3 heterocycles. The molecule has 2 saturated heterocycles. The van der Waals surface area contributed by atoms with Crippen LogP contribution >= 0.6 is 46.4 Å². The van der Waals surface area contributed by atoms with Crippen LogP contribution in [0.2, 0.25) is 20.1 Å². The first-order valence-corrected chi connectivity index (χ1v) is 21.2. The third kappa shape index (κ3) is 7.38. The predicted octanol–water partition coefficient (Wildman–Crippen LogP) is 13.3. The van der Waals surface area contributed by atoms with Gasteiger partial charge in [0.1, 0.15) is 0 Å². The zero-order chi connectivity index (χ0) is 39.0. The molecule has 0 atom stereocenters. The zero-order valence-corrected chi connectivity index (χ0v) is 34.7. The number of esters is 1. The Kier molecular flexibility index (Phi) is 11.3. The number of nitrogens with zero attached hydrogens (tertiary/aromatic N) is 2. The topological polar surface area (TPSA) is 32.8 Å². The third-order valence-corrected chi connectivity index (χ3v) is 13.3. The standard InChI is InChI=1S/C48H44Cl4N2O2/c1-3-31-9-13-33(14-10-31)39(35-17-21-37(22-18-35)53-25-5-6-26-53)29-48(42-41(47(55)56-48)43(49)45(51)46(52)44(42)50)30-40(34-15-11-32(4-2)12-16-34)36-19-23-38(24-20-36)54-27-7-8-28-54/h9-24,29-30H,3-8,25-28H2,1-2H3/b39-29+,40-30+. The highest BCUT2D eigenvalue weighted by atomic mass is 35.5. The van der Waals surface area contributed by atoms with E-state index in [0.29, 0.717) is 5.56 Å². The van der Waals surface area contributed by atoms with Gasteiger partial charge >= 0.3 is 5.97 Å². The molecule has 286 valence electrons. The van der Waals surface area contributed by atoms with E-state index in [4.69, 9.17) is 51.1 Å². The minimum Gasteiger partial charge on any atom is -0.442 e. The van der Waals surface area contributed by atoms with Crippen molar-refractivity contribution in [1.29, 1.82) is 0 Å². The number of aryl methyl sites for hydroxylation is 2. The number of benzene rings is 5. The van der Waals surface area contributed by atoms with Crippen LogP contribution in [0.15, 0.2) is 109 Å². The quantitative estimate of drug-likeness (QED) is 0.0798. The summed E-state index contributed by atoms with van der Waals surface area (Å²) in [4.78, 5) is 19.1. The van der Waals surface area contributed by atoms with Crippen molar-refractivity contribution in [3.8, 4) is 0 Å². The summed E-state index contributed by atoms with van der Waals surface area (Å²) >= 11 is 27.5. The summed E-state index contributed by atoms with van der Waals surface area (Å²) in [5.74, 6) is -0.631.